The van der Waals surface area contributed by atoms with Crippen molar-refractivity contribution in [1.29, 1.82) is 0 Å². The molecule has 234 valence electrons. The molecule has 0 unspecified atom stereocenters. The van der Waals surface area contributed by atoms with Crippen LogP contribution in [0.2, 0.25) is 0 Å². The average Bonchev–Trinajstić information content (AvgIpc) is 3.31. The van der Waals surface area contributed by atoms with Crippen LogP contribution in [0.4, 0.5) is 4.79 Å². The van der Waals surface area contributed by atoms with E-state index in [-0.39, 0.29) is 24.0 Å². The van der Waals surface area contributed by atoms with Gasteiger partial charge in [-0.1, -0.05) is 36.4 Å². The van der Waals surface area contributed by atoms with Crippen LogP contribution in [0.15, 0.2) is 54.3 Å². The lowest BCUT2D eigenvalue weighted by Gasteiger charge is -2.61. The van der Waals surface area contributed by atoms with Crippen LogP contribution in [-0.2, 0) is 35.6 Å². The maximum Gasteiger partial charge on any atom is 0.514 e. The van der Waals surface area contributed by atoms with E-state index in [1.807, 2.05) is 13.1 Å². The van der Waals surface area contributed by atoms with E-state index in [2.05, 4.69) is 4.90 Å². The van der Waals surface area contributed by atoms with E-state index < -0.39 is 53.0 Å². The van der Waals surface area contributed by atoms with Gasteiger partial charge < -0.3 is 38.8 Å². The van der Waals surface area contributed by atoms with E-state index in [9.17, 15) is 24.6 Å². The summed E-state index contributed by atoms with van der Waals surface area (Å²) in [6, 6.07) is 11.7. The number of aliphatic hydroxyl groups is 2. The van der Waals surface area contributed by atoms with Crippen LogP contribution >= 0.6 is 0 Å². The molecule has 1 fully saturated rings. The summed E-state index contributed by atoms with van der Waals surface area (Å²) in [5.74, 6) is -1.28. The van der Waals surface area contributed by atoms with Gasteiger partial charge in [0, 0.05) is 23.6 Å². The number of piperidine rings is 1. The van der Waals surface area contributed by atoms with Gasteiger partial charge in [-0.05, 0) is 71.8 Å². The maximum atomic E-state index is 13.7. The quantitative estimate of drug-likeness (QED) is 0.283. The maximum absolute atomic E-state index is 13.7. The number of ether oxygens (including phenoxy) is 5. The predicted octanol–water partition coefficient (Wildman–Crippen LogP) is 3.49. The summed E-state index contributed by atoms with van der Waals surface area (Å²) in [4.78, 5) is 40.9. The molecule has 4 aliphatic rings. The number of rotatable bonds is 6. The highest BCUT2D eigenvalue weighted by molar-refractivity contribution is 5.83. The van der Waals surface area contributed by atoms with Crippen molar-refractivity contribution >= 4 is 18.1 Å². The number of nitrogens with zero attached hydrogens (tertiary/aromatic N) is 1. The first kappa shape index (κ1) is 30.1. The third kappa shape index (κ3) is 4.74. The van der Waals surface area contributed by atoms with Crippen molar-refractivity contribution in [3.05, 3.63) is 71.0 Å². The van der Waals surface area contributed by atoms with Gasteiger partial charge in [0.15, 0.2) is 17.6 Å². The lowest BCUT2D eigenvalue weighted by molar-refractivity contribution is -0.178. The molecule has 2 N–H and O–H groups in total. The molecule has 2 aliphatic carbocycles. The number of carbonyl (C=O) groups is 3. The van der Waals surface area contributed by atoms with Crippen molar-refractivity contribution in [1.82, 2.24) is 4.90 Å². The number of hydrogen-bond acceptors (Lipinski definition) is 11. The summed E-state index contributed by atoms with van der Waals surface area (Å²) >= 11 is 0. The fourth-order valence-electron chi connectivity index (χ4n) is 7.13. The Hall–Kier alpha value is -3.93. The van der Waals surface area contributed by atoms with Gasteiger partial charge in [0.2, 0.25) is 6.10 Å². The summed E-state index contributed by atoms with van der Waals surface area (Å²) in [6.45, 7) is 7.08. The zero-order chi connectivity index (χ0) is 31.6. The van der Waals surface area contributed by atoms with Gasteiger partial charge in [-0.2, -0.15) is 0 Å². The number of esters is 2. The Bertz CT molecular complexity index is 1530. The number of benzene rings is 2. The minimum Gasteiger partial charge on any atom is -0.477 e. The second-order valence-electron chi connectivity index (χ2n) is 13.0. The van der Waals surface area contributed by atoms with E-state index >= 15 is 0 Å². The lowest BCUT2D eigenvalue weighted by Crippen LogP contribution is -2.74. The first-order valence-corrected chi connectivity index (χ1v) is 14.8. The fourth-order valence-corrected chi connectivity index (χ4v) is 7.13. The molecule has 1 saturated heterocycles. The van der Waals surface area contributed by atoms with Crippen LogP contribution in [0.25, 0.3) is 0 Å². The zero-order valence-corrected chi connectivity index (χ0v) is 25.4. The summed E-state index contributed by atoms with van der Waals surface area (Å²) in [6.07, 6.45) is -1.91. The van der Waals surface area contributed by atoms with Crippen LogP contribution in [0.1, 0.15) is 63.3 Å². The molecular formula is C33H37NO10. The van der Waals surface area contributed by atoms with Gasteiger partial charge in [0.05, 0.1) is 11.0 Å². The second-order valence-corrected chi connectivity index (χ2v) is 13.0. The predicted molar refractivity (Wildman–Crippen MR) is 155 cm³/mol. The van der Waals surface area contributed by atoms with E-state index in [0.29, 0.717) is 30.7 Å². The van der Waals surface area contributed by atoms with Crippen molar-refractivity contribution < 1.29 is 48.3 Å². The van der Waals surface area contributed by atoms with Gasteiger partial charge in [-0.25, -0.2) is 14.4 Å². The van der Waals surface area contributed by atoms with Crippen LogP contribution in [0.3, 0.4) is 0 Å². The molecule has 0 amide bonds. The minimum atomic E-state index is -1.46. The molecule has 1 spiro atoms. The third-order valence-corrected chi connectivity index (χ3v) is 9.03. The molecule has 2 heterocycles. The highest BCUT2D eigenvalue weighted by Gasteiger charge is 2.72. The van der Waals surface area contributed by atoms with Crippen molar-refractivity contribution in [2.75, 3.05) is 13.6 Å². The van der Waals surface area contributed by atoms with Gasteiger partial charge in [0.1, 0.15) is 17.5 Å². The lowest BCUT2D eigenvalue weighted by atomic mass is 9.50. The Morgan fingerprint density at radius 3 is 2.48 bits per heavy atom. The topological polar surface area (TPSA) is 141 Å². The van der Waals surface area contributed by atoms with Gasteiger partial charge in [-0.15, -0.1) is 0 Å². The first-order chi connectivity index (χ1) is 20.7. The molecule has 0 saturated carbocycles. The highest BCUT2D eigenvalue weighted by atomic mass is 16.7. The van der Waals surface area contributed by atoms with Crippen LogP contribution in [0.5, 0.6) is 11.5 Å². The van der Waals surface area contributed by atoms with Crippen LogP contribution < -0.4 is 9.47 Å². The summed E-state index contributed by atoms with van der Waals surface area (Å²) in [5, 5.41) is 22.3. The van der Waals surface area contributed by atoms with E-state index in [1.54, 1.807) is 63.2 Å². The van der Waals surface area contributed by atoms with E-state index in [0.717, 1.165) is 11.1 Å². The summed E-state index contributed by atoms with van der Waals surface area (Å²) in [5.41, 5.74) is -1.03. The summed E-state index contributed by atoms with van der Waals surface area (Å²) in [7, 11) is 1.98. The normalized spacial score (nSPS) is 28.0. The minimum absolute atomic E-state index is 0.139. The third-order valence-electron chi connectivity index (χ3n) is 9.03. The fraction of sp³-hybridized carbons (Fsp3) is 0.485. The molecular weight excluding hydrogens is 570 g/mol. The van der Waals surface area contributed by atoms with Crippen LogP contribution in [0, 0.1) is 0 Å². The van der Waals surface area contributed by atoms with E-state index in [4.69, 9.17) is 23.7 Å². The van der Waals surface area contributed by atoms with Crippen molar-refractivity contribution in [2.24, 2.45) is 0 Å². The molecule has 11 heteroatoms. The Morgan fingerprint density at radius 2 is 1.80 bits per heavy atom. The molecule has 0 aromatic heterocycles. The number of carbonyl (C=O) groups excluding carboxylic acids is 3. The molecule has 11 nitrogen and oxygen atoms in total. The molecule has 2 aliphatic heterocycles. The molecule has 44 heavy (non-hydrogen) atoms. The molecule has 0 radical (unpaired) electrons. The SMILES string of the molecule is C[C@H](O)C(=O)O[C@H](C(=O)OC1=CC[C@@]2(O)[C@H]3Cc4ccc(OC(=O)OC(C)(C)C)c5c4[C@@]2(CCN3C)[C@H]1O5)c1ccccc1. The number of likely N-dealkylation sites (N-methyl/N-ethyl adjacent to an activating group) is 1. The second kappa shape index (κ2) is 10.6. The molecule has 2 aromatic rings. The number of hydrogen-bond donors (Lipinski definition) is 2. The Labute approximate surface area is 255 Å². The Kier molecular flexibility index (Phi) is 7.26. The van der Waals surface area contributed by atoms with Crippen molar-refractivity contribution in [3.8, 4) is 11.5 Å². The smallest absolute Gasteiger partial charge is 0.477 e. The largest absolute Gasteiger partial charge is 0.514 e. The molecule has 6 atom stereocenters. The number of likely N-dealkylation sites (tertiary alicyclic amines) is 1. The monoisotopic (exact) mass is 607 g/mol. The number of aliphatic hydroxyl groups excluding tert-OH is 1. The van der Waals surface area contributed by atoms with Crippen molar-refractivity contribution in [3.63, 3.8) is 0 Å². The van der Waals surface area contributed by atoms with Gasteiger partial charge in [0.25, 0.3) is 0 Å². The van der Waals surface area contributed by atoms with Gasteiger partial charge >= 0.3 is 18.1 Å². The van der Waals surface area contributed by atoms with Crippen molar-refractivity contribution in [2.45, 2.75) is 87.9 Å². The van der Waals surface area contributed by atoms with Crippen LogP contribution in [-0.4, -0.2) is 76.3 Å². The average molecular weight is 608 g/mol. The first-order valence-electron chi connectivity index (χ1n) is 14.8. The van der Waals surface area contributed by atoms with Gasteiger partial charge in [-0.3, -0.25) is 0 Å². The Balaban J connectivity index is 1.39. The summed E-state index contributed by atoms with van der Waals surface area (Å²) < 4.78 is 28.9. The van der Waals surface area contributed by atoms with E-state index in [1.165, 1.54) is 6.92 Å². The molecule has 6 rings (SSSR count). The Morgan fingerprint density at radius 1 is 1.07 bits per heavy atom. The zero-order valence-electron chi connectivity index (χ0n) is 25.4. The highest BCUT2D eigenvalue weighted by Crippen LogP contribution is 2.65. The molecule has 2 bridgehead atoms. The molecule has 2 aromatic carbocycles. The standard InChI is InChI=1S/C33H37NO10/c1-18(35)28(36)43-25(19-9-7-6-8-10-19)29(37)40-22-13-14-33(39)23-17-20-11-12-21(41-30(38)44-31(2,3)4)26-24(20)32(33,27(22)42-26)15-16-34(23)5/h6-13,18,23,25,27,35,39H,14-17H2,1-5H3/t18-,23+,25-,27-,32-,33+/m0/s1.